The van der Waals surface area contributed by atoms with Gasteiger partial charge in [0.2, 0.25) is 0 Å². The van der Waals surface area contributed by atoms with Crippen molar-refractivity contribution in [1.29, 1.82) is 0 Å². The van der Waals surface area contributed by atoms with Crippen molar-refractivity contribution >= 4 is 11.8 Å². The van der Waals surface area contributed by atoms with Crippen molar-refractivity contribution in [2.75, 3.05) is 5.88 Å². The molecule has 0 bridgehead atoms. The van der Waals surface area contributed by atoms with Crippen LogP contribution in [0.3, 0.4) is 0 Å². The van der Waals surface area contributed by atoms with Gasteiger partial charge in [0.25, 0.3) is 0 Å². The molecule has 46 valence electrons. The van der Waals surface area contributed by atoms with E-state index < -0.39 is 0 Å². The van der Waals surface area contributed by atoms with Gasteiger partial charge in [-0.25, -0.2) is 0 Å². The second-order valence-corrected chi connectivity index (χ2v) is 2.97. The molecule has 0 saturated heterocycles. The van der Waals surface area contributed by atoms with Crippen LogP contribution >= 0.6 is 11.8 Å². The van der Waals surface area contributed by atoms with Crippen molar-refractivity contribution in [2.45, 2.75) is 12.6 Å². The summed E-state index contributed by atoms with van der Waals surface area (Å²) >= 11 is 1.73. The Hall–Kier alpha value is 0.01000. The monoisotopic (exact) mass is 130 g/mol. The van der Waals surface area contributed by atoms with E-state index >= 15 is 0 Å². The zero-order chi connectivity index (χ0) is 6.04. The molecular weight excluding hydrogens is 120 g/mol. The van der Waals surface area contributed by atoms with Crippen LogP contribution in [0.2, 0.25) is 0 Å². The molecule has 0 fully saturated rings. The first-order valence-electron chi connectivity index (χ1n) is 2.54. The second-order valence-electron chi connectivity index (χ2n) is 2.07. The predicted molar refractivity (Wildman–Crippen MR) is 37.3 cm³/mol. The average molecular weight is 130 g/mol. The van der Waals surface area contributed by atoms with Crippen LogP contribution in [-0.2, 0) is 0 Å². The molecule has 2 nitrogen and oxygen atoms in total. The number of rotatable bonds is 0. The summed E-state index contributed by atoms with van der Waals surface area (Å²) in [4.78, 5) is 0. The van der Waals surface area contributed by atoms with Crippen LogP contribution in [0.1, 0.15) is 6.92 Å². The van der Waals surface area contributed by atoms with Gasteiger partial charge in [0.1, 0.15) is 0 Å². The number of hydrogen-bond acceptors (Lipinski definition) is 3. The molecule has 0 amide bonds. The average Bonchev–Trinajstić information content (AvgIpc) is 1.65. The van der Waals surface area contributed by atoms with Crippen molar-refractivity contribution in [3.8, 4) is 0 Å². The molecule has 1 aliphatic heterocycles. The summed E-state index contributed by atoms with van der Waals surface area (Å²) in [5, 5.41) is 5.14. The van der Waals surface area contributed by atoms with Crippen LogP contribution in [0, 0.1) is 0 Å². The van der Waals surface area contributed by atoms with Gasteiger partial charge < -0.3 is 5.73 Å². The Labute approximate surface area is 53.5 Å². The zero-order valence-electron chi connectivity index (χ0n) is 4.85. The maximum absolute atomic E-state index is 5.67. The minimum Gasteiger partial charge on any atom is -0.310 e. The third-order valence-electron chi connectivity index (χ3n) is 1.05. The van der Waals surface area contributed by atoms with Crippen LogP contribution in [-0.4, -0.2) is 11.5 Å². The van der Waals surface area contributed by atoms with Crippen LogP contribution in [0.15, 0.2) is 11.5 Å². The Balaban J connectivity index is 2.56. The van der Waals surface area contributed by atoms with Gasteiger partial charge in [0.15, 0.2) is 0 Å². The Morgan fingerprint density at radius 1 is 1.88 bits per heavy atom. The fourth-order valence-corrected chi connectivity index (χ4v) is 1.36. The van der Waals surface area contributed by atoms with Gasteiger partial charge in [0.05, 0.1) is 5.66 Å². The van der Waals surface area contributed by atoms with Gasteiger partial charge in [-0.05, 0) is 18.4 Å². The lowest BCUT2D eigenvalue weighted by atomic mass is 10.2. The molecule has 1 unspecified atom stereocenters. The Bertz CT molecular complexity index is 109. The van der Waals surface area contributed by atoms with Gasteiger partial charge in [-0.3, -0.25) is 5.32 Å². The molecule has 1 aliphatic rings. The van der Waals surface area contributed by atoms with E-state index in [9.17, 15) is 0 Å². The smallest absolute Gasteiger partial charge is 0.0839 e. The first kappa shape index (κ1) is 6.13. The van der Waals surface area contributed by atoms with E-state index in [2.05, 4.69) is 5.32 Å². The van der Waals surface area contributed by atoms with Gasteiger partial charge in [0, 0.05) is 5.88 Å². The molecular formula is C5H10N2S. The van der Waals surface area contributed by atoms with Crippen LogP contribution in [0.4, 0.5) is 0 Å². The molecule has 0 aromatic heterocycles. The van der Waals surface area contributed by atoms with Crippen LogP contribution in [0.5, 0.6) is 0 Å². The minimum atomic E-state index is -0.273. The highest BCUT2D eigenvalue weighted by Gasteiger charge is 2.14. The maximum Gasteiger partial charge on any atom is 0.0839 e. The SMILES string of the molecule is CC1(N)C=CSCN1. The summed E-state index contributed by atoms with van der Waals surface area (Å²) in [7, 11) is 0. The lowest BCUT2D eigenvalue weighted by Crippen LogP contribution is -2.49. The van der Waals surface area contributed by atoms with Gasteiger partial charge in [-0.15, -0.1) is 11.8 Å². The summed E-state index contributed by atoms with van der Waals surface area (Å²) in [6, 6.07) is 0. The van der Waals surface area contributed by atoms with Crippen LogP contribution < -0.4 is 11.1 Å². The fourth-order valence-electron chi connectivity index (χ4n) is 0.494. The molecule has 1 atom stereocenters. The minimum absolute atomic E-state index is 0.273. The quantitative estimate of drug-likeness (QED) is 0.500. The molecule has 0 spiro atoms. The third-order valence-corrected chi connectivity index (χ3v) is 1.69. The van der Waals surface area contributed by atoms with Gasteiger partial charge in [-0.2, -0.15) is 0 Å². The van der Waals surface area contributed by atoms with Crippen molar-refractivity contribution in [3.05, 3.63) is 11.5 Å². The molecule has 3 heteroatoms. The number of nitrogens with one attached hydrogen (secondary N) is 1. The normalized spacial score (nSPS) is 37.8. The largest absolute Gasteiger partial charge is 0.310 e. The van der Waals surface area contributed by atoms with Crippen molar-refractivity contribution in [2.24, 2.45) is 5.73 Å². The Kier molecular flexibility index (Phi) is 1.60. The summed E-state index contributed by atoms with van der Waals surface area (Å²) in [6.45, 7) is 1.95. The summed E-state index contributed by atoms with van der Waals surface area (Å²) < 4.78 is 0. The van der Waals surface area contributed by atoms with Crippen LogP contribution in [0.25, 0.3) is 0 Å². The first-order valence-corrected chi connectivity index (χ1v) is 3.59. The van der Waals surface area contributed by atoms with E-state index in [0.29, 0.717) is 0 Å². The van der Waals surface area contributed by atoms with E-state index in [0.717, 1.165) is 5.88 Å². The standard InChI is InChI=1S/C5H10N2S/c1-5(6)2-3-8-4-7-5/h2-3,7H,4,6H2,1H3. The molecule has 0 aromatic rings. The number of thioether (sulfide) groups is 1. The Morgan fingerprint density at radius 2 is 2.62 bits per heavy atom. The molecule has 1 heterocycles. The third kappa shape index (κ3) is 1.51. The molecule has 0 aromatic carbocycles. The lowest BCUT2D eigenvalue weighted by molar-refractivity contribution is 0.489. The topological polar surface area (TPSA) is 38.0 Å². The highest BCUT2D eigenvalue weighted by molar-refractivity contribution is 8.02. The van der Waals surface area contributed by atoms with Crippen molar-refractivity contribution in [3.63, 3.8) is 0 Å². The van der Waals surface area contributed by atoms with E-state index in [-0.39, 0.29) is 5.66 Å². The van der Waals surface area contributed by atoms with Crippen molar-refractivity contribution < 1.29 is 0 Å². The molecule has 1 rings (SSSR count). The van der Waals surface area contributed by atoms with E-state index in [1.807, 2.05) is 18.4 Å². The van der Waals surface area contributed by atoms with E-state index in [1.165, 1.54) is 0 Å². The number of nitrogens with two attached hydrogens (primary N) is 1. The molecule has 0 saturated carbocycles. The Morgan fingerprint density at radius 3 is 2.88 bits per heavy atom. The molecule has 3 N–H and O–H groups in total. The van der Waals surface area contributed by atoms with Crippen molar-refractivity contribution in [1.82, 2.24) is 5.32 Å². The predicted octanol–water partition coefficient (Wildman–Crippen LogP) is 0.469. The maximum atomic E-state index is 5.67. The second kappa shape index (κ2) is 2.09. The molecule has 0 radical (unpaired) electrons. The van der Waals surface area contributed by atoms with Gasteiger partial charge >= 0.3 is 0 Å². The summed E-state index contributed by atoms with van der Waals surface area (Å²) in [5.41, 5.74) is 5.39. The molecule has 8 heavy (non-hydrogen) atoms. The van der Waals surface area contributed by atoms with Gasteiger partial charge in [-0.1, -0.05) is 0 Å². The molecule has 0 aliphatic carbocycles. The zero-order valence-corrected chi connectivity index (χ0v) is 5.66. The summed E-state index contributed by atoms with van der Waals surface area (Å²) in [6.07, 6.45) is 1.96. The highest BCUT2D eigenvalue weighted by Crippen LogP contribution is 2.10. The number of hydrogen-bond donors (Lipinski definition) is 2. The van der Waals surface area contributed by atoms with E-state index in [1.54, 1.807) is 11.8 Å². The lowest BCUT2D eigenvalue weighted by Gasteiger charge is -2.24. The summed E-state index contributed by atoms with van der Waals surface area (Å²) in [5.74, 6) is 0.920. The highest BCUT2D eigenvalue weighted by atomic mass is 32.2. The first-order chi connectivity index (χ1) is 3.71. The fraction of sp³-hybridized carbons (Fsp3) is 0.600. The van der Waals surface area contributed by atoms with E-state index in [4.69, 9.17) is 5.73 Å².